The fourth-order valence-corrected chi connectivity index (χ4v) is 4.09. The van der Waals surface area contributed by atoms with E-state index in [-0.39, 0.29) is 5.91 Å². The van der Waals surface area contributed by atoms with E-state index in [0.29, 0.717) is 23.7 Å². The van der Waals surface area contributed by atoms with Gasteiger partial charge in [-0.25, -0.2) is 8.42 Å². The maximum atomic E-state index is 12.7. The Morgan fingerprint density at radius 3 is 2.31 bits per heavy atom. The summed E-state index contributed by atoms with van der Waals surface area (Å²) in [5.41, 5.74) is 2.47. The van der Waals surface area contributed by atoms with Gasteiger partial charge in [0.15, 0.2) is 0 Å². The minimum Gasteiger partial charge on any atom is -0.350 e. The summed E-state index contributed by atoms with van der Waals surface area (Å²) >= 11 is 5.89. The highest BCUT2D eigenvalue weighted by Gasteiger charge is 2.31. The molecule has 0 radical (unpaired) electrons. The third-order valence-corrected chi connectivity index (χ3v) is 5.56. The normalized spacial score (nSPS) is 12.5. The molecule has 26 heavy (non-hydrogen) atoms. The van der Waals surface area contributed by atoms with Gasteiger partial charge in [0.1, 0.15) is 6.04 Å². The average molecular weight is 395 g/mol. The summed E-state index contributed by atoms with van der Waals surface area (Å²) in [4.78, 5) is 12.7. The minimum absolute atomic E-state index is 0.337. The van der Waals surface area contributed by atoms with Crippen molar-refractivity contribution in [3.8, 4) is 0 Å². The van der Waals surface area contributed by atoms with Crippen molar-refractivity contribution in [2.75, 3.05) is 10.6 Å². The highest BCUT2D eigenvalue weighted by molar-refractivity contribution is 7.92. The zero-order valence-corrected chi connectivity index (χ0v) is 16.6. The molecule has 0 aliphatic carbocycles. The smallest absolute Gasteiger partial charge is 0.244 e. The van der Waals surface area contributed by atoms with Gasteiger partial charge >= 0.3 is 0 Å². The second-order valence-corrected chi connectivity index (χ2v) is 8.40. The number of carbonyl (C=O) groups is 1. The van der Waals surface area contributed by atoms with Crippen molar-refractivity contribution in [1.82, 2.24) is 5.32 Å². The highest BCUT2D eigenvalue weighted by Crippen LogP contribution is 2.24. The largest absolute Gasteiger partial charge is 0.350 e. The number of carbonyl (C=O) groups excluding carboxylic acids is 1. The van der Waals surface area contributed by atoms with E-state index in [4.69, 9.17) is 11.6 Å². The van der Waals surface area contributed by atoms with Gasteiger partial charge in [-0.05, 0) is 48.7 Å². The first-order chi connectivity index (χ1) is 12.2. The predicted molar refractivity (Wildman–Crippen MR) is 106 cm³/mol. The third-order valence-electron chi connectivity index (χ3n) is 4.13. The maximum absolute atomic E-state index is 12.7. The monoisotopic (exact) mass is 394 g/mol. The van der Waals surface area contributed by atoms with Crippen molar-refractivity contribution < 1.29 is 13.2 Å². The van der Waals surface area contributed by atoms with Gasteiger partial charge in [-0.1, -0.05) is 42.8 Å². The number of halogens is 1. The molecular formula is C19H23ClN2O3S. The first-order valence-electron chi connectivity index (χ1n) is 8.31. The van der Waals surface area contributed by atoms with Gasteiger partial charge in [0.2, 0.25) is 15.9 Å². The van der Waals surface area contributed by atoms with Crippen molar-refractivity contribution in [3.05, 3.63) is 64.7 Å². The van der Waals surface area contributed by atoms with Crippen LogP contribution in [0.1, 0.15) is 24.5 Å². The van der Waals surface area contributed by atoms with Crippen LogP contribution in [0.25, 0.3) is 0 Å². The Bertz CT molecular complexity index is 867. The van der Waals surface area contributed by atoms with Gasteiger partial charge in [0.25, 0.3) is 0 Å². The van der Waals surface area contributed by atoms with E-state index >= 15 is 0 Å². The molecule has 2 aromatic carbocycles. The standard InChI is InChI=1S/C19H23ClN2O3S/c1-4-18(19(23)21-13-15-8-6-5-7-14(15)2)22(26(3,24)25)17-11-9-16(20)10-12-17/h5-12,18H,4,13H2,1-3H3,(H,21,23). The van der Waals surface area contributed by atoms with Crippen LogP contribution in [0.2, 0.25) is 5.02 Å². The van der Waals surface area contributed by atoms with Crippen molar-refractivity contribution in [1.29, 1.82) is 0 Å². The Kier molecular flexibility index (Phi) is 6.67. The van der Waals surface area contributed by atoms with E-state index in [2.05, 4.69) is 5.32 Å². The molecule has 1 atom stereocenters. The van der Waals surface area contributed by atoms with Crippen LogP contribution >= 0.6 is 11.6 Å². The number of amides is 1. The number of nitrogens with zero attached hydrogens (tertiary/aromatic N) is 1. The summed E-state index contributed by atoms with van der Waals surface area (Å²) in [6, 6.07) is 13.3. The molecule has 0 fully saturated rings. The summed E-state index contributed by atoms with van der Waals surface area (Å²) in [7, 11) is -3.65. The molecule has 1 amide bonds. The number of benzene rings is 2. The first kappa shape index (κ1) is 20.3. The predicted octanol–water partition coefficient (Wildman–Crippen LogP) is 3.51. The minimum atomic E-state index is -3.65. The van der Waals surface area contributed by atoms with E-state index in [1.807, 2.05) is 31.2 Å². The topological polar surface area (TPSA) is 66.5 Å². The molecule has 0 saturated carbocycles. The molecule has 0 saturated heterocycles. The maximum Gasteiger partial charge on any atom is 0.244 e. The lowest BCUT2D eigenvalue weighted by Crippen LogP contribution is -2.49. The van der Waals surface area contributed by atoms with E-state index in [9.17, 15) is 13.2 Å². The van der Waals surface area contributed by atoms with E-state index in [1.165, 1.54) is 0 Å². The van der Waals surface area contributed by atoms with Crippen LogP contribution in [0.4, 0.5) is 5.69 Å². The summed E-state index contributed by atoms with van der Waals surface area (Å²) in [5.74, 6) is -0.337. The Balaban J connectivity index is 2.25. The molecule has 2 aromatic rings. The van der Waals surface area contributed by atoms with Crippen LogP contribution in [-0.2, 0) is 21.4 Å². The number of hydrogen-bond acceptors (Lipinski definition) is 3. The molecule has 0 aromatic heterocycles. The van der Waals surface area contributed by atoms with Gasteiger partial charge in [0, 0.05) is 11.6 Å². The lowest BCUT2D eigenvalue weighted by atomic mass is 10.1. The molecule has 0 bridgehead atoms. The van der Waals surface area contributed by atoms with E-state index < -0.39 is 16.1 Å². The van der Waals surface area contributed by atoms with Crippen LogP contribution < -0.4 is 9.62 Å². The second-order valence-electron chi connectivity index (χ2n) is 6.10. The van der Waals surface area contributed by atoms with Gasteiger partial charge < -0.3 is 5.32 Å². The zero-order valence-electron chi connectivity index (χ0n) is 15.1. The number of anilines is 1. The number of sulfonamides is 1. The number of aryl methyl sites for hydroxylation is 1. The molecule has 5 nitrogen and oxygen atoms in total. The van der Waals surface area contributed by atoms with Crippen LogP contribution in [0.5, 0.6) is 0 Å². The van der Waals surface area contributed by atoms with E-state index in [0.717, 1.165) is 21.7 Å². The zero-order chi connectivity index (χ0) is 19.3. The fraction of sp³-hybridized carbons (Fsp3) is 0.316. The lowest BCUT2D eigenvalue weighted by molar-refractivity contribution is -0.122. The summed E-state index contributed by atoms with van der Waals surface area (Å²) < 4.78 is 25.9. The molecule has 7 heteroatoms. The number of hydrogen-bond donors (Lipinski definition) is 1. The third kappa shape index (κ3) is 4.99. The Labute approximate surface area is 160 Å². The van der Waals surface area contributed by atoms with E-state index in [1.54, 1.807) is 31.2 Å². The van der Waals surface area contributed by atoms with Crippen molar-refractivity contribution in [2.24, 2.45) is 0 Å². The van der Waals surface area contributed by atoms with Crippen LogP contribution in [0, 0.1) is 6.92 Å². The number of nitrogens with one attached hydrogen (secondary N) is 1. The second kappa shape index (κ2) is 8.56. The molecule has 140 valence electrons. The van der Waals surface area contributed by atoms with Gasteiger partial charge in [-0.2, -0.15) is 0 Å². The number of rotatable bonds is 7. The Morgan fingerprint density at radius 2 is 1.77 bits per heavy atom. The molecule has 1 N–H and O–H groups in total. The fourth-order valence-electron chi connectivity index (χ4n) is 2.76. The van der Waals surface area contributed by atoms with Crippen molar-refractivity contribution >= 4 is 33.2 Å². The van der Waals surface area contributed by atoms with Crippen molar-refractivity contribution in [2.45, 2.75) is 32.9 Å². The SMILES string of the molecule is CCC(C(=O)NCc1ccccc1C)N(c1ccc(Cl)cc1)S(C)(=O)=O. The molecule has 2 rings (SSSR count). The quantitative estimate of drug-likeness (QED) is 0.781. The van der Waals surface area contributed by atoms with Crippen molar-refractivity contribution in [3.63, 3.8) is 0 Å². The van der Waals surface area contributed by atoms with Gasteiger partial charge in [-0.3, -0.25) is 9.10 Å². The summed E-state index contributed by atoms with van der Waals surface area (Å²) in [6.07, 6.45) is 1.44. The molecule has 0 spiro atoms. The van der Waals surface area contributed by atoms with Gasteiger partial charge in [0.05, 0.1) is 11.9 Å². The summed E-state index contributed by atoms with van der Waals surface area (Å²) in [5, 5.41) is 3.35. The van der Waals surface area contributed by atoms with Crippen LogP contribution in [0.3, 0.4) is 0 Å². The molecule has 0 heterocycles. The average Bonchev–Trinajstić information content (AvgIpc) is 2.58. The first-order valence-corrected chi connectivity index (χ1v) is 10.5. The Morgan fingerprint density at radius 1 is 1.15 bits per heavy atom. The van der Waals surface area contributed by atoms with Crippen LogP contribution in [0.15, 0.2) is 48.5 Å². The van der Waals surface area contributed by atoms with Gasteiger partial charge in [-0.15, -0.1) is 0 Å². The molecular weight excluding hydrogens is 372 g/mol. The molecule has 0 aliphatic rings. The lowest BCUT2D eigenvalue weighted by Gasteiger charge is -2.30. The Hall–Kier alpha value is -2.05. The molecule has 0 aliphatic heterocycles. The molecule has 1 unspecified atom stereocenters. The summed E-state index contributed by atoms with van der Waals surface area (Å²) in [6.45, 7) is 4.10. The van der Waals surface area contributed by atoms with Crippen LogP contribution in [-0.4, -0.2) is 26.6 Å². The highest BCUT2D eigenvalue weighted by atomic mass is 35.5.